The third kappa shape index (κ3) is 3.23. The van der Waals surface area contributed by atoms with Crippen molar-refractivity contribution in [3.05, 3.63) is 51.7 Å². The smallest absolute Gasteiger partial charge is 0.141 e. The lowest BCUT2D eigenvalue weighted by Gasteiger charge is -2.10. The molecule has 4 nitrogen and oxygen atoms in total. The summed E-state index contributed by atoms with van der Waals surface area (Å²) in [5, 5.41) is 4.26. The number of fused-ring (bicyclic) bond motifs is 1. The van der Waals surface area contributed by atoms with Gasteiger partial charge in [0.2, 0.25) is 0 Å². The van der Waals surface area contributed by atoms with Crippen LogP contribution in [0.1, 0.15) is 6.92 Å². The van der Waals surface area contributed by atoms with Crippen molar-refractivity contribution in [3.8, 4) is 5.75 Å². The number of benzene rings is 2. The van der Waals surface area contributed by atoms with Crippen LogP contribution >= 0.6 is 31.9 Å². The summed E-state index contributed by atoms with van der Waals surface area (Å²) >= 11 is 7.03. The van der Waals surface area contributed by atoms with E-state index in [4.69, 9.17) is 4.74 Å². The third-order valence-electron chi connectivity index (χ3n) is 3.09. The highest BCUT2D eigenvalue weighted by molar-refractivity contribution is 9.11. The molecule has 0 radical (unpaired) electrons. The fourth-order valence-electron chi connectivity index (χ4n) is 2.13. The van der Waals surface area contributed by atoms with Gasteiger partial charge in [0.15, 0.2) is 0 Å². The van der Waals surface area contributed by atoms with E-state index in [-0.39, 0.29) is 0 Å². The molecule has 0 fully saturated rings. The van der Waals surface area contributed by atoms with Gasteiger partial charge in [-0.1, -0.05) is 15.9 Å². The zero-order chi connectivity index (χ0) is 15.5. The van der Waals surface area contributed by atoms with Crippen LogP contribution in [0.4, 0.5) is 11.5 Å². The number of nitrogens with zero attached hydrogens (tertiary/aromatic N) is 2. The minimum absolute atomic E-state index is 0.658. The van der Waals surface area contributed by atoms with Crippen LogP contribution in [0.3, 0.4) is 0 Å². The zero-order valence-electron chi connectivity index (χ0n) is 11.8. The van der Waals surface area contributed by atoms with Crippen LogP contribution in [0.25, 0.3) is 10.9 Å². The average molecular weight is 423 g/mol. The summed E-state index contributed by atoms with van der Waals surface area (Å²) in [7, 11) is 0. The monoisotopic (exact) mass is 421 g/mol. The van der Waals surface area contributed by atoms with Gasteiger partial charge >= 0.3 is 0 Å². The van der Waals surface area contributed by atoms with Crippen molar-refractivity contribution < 1.29 is 4.74 Å². The molecule has 0 aliphatic carbocycles. The molecule has 3 aromatic rings. The predicted molar refractivity (Wildman–Crippen MR) is 95.8 cm³/mol. The molecule has 0 aliphatic heterocycles. The quantitative estimate of drug-likeness (QED) is 0.619. The Hall–Kier alpha value is -1.66. The molecule has 6 heteroatoms. The number of rotatable bonds is 4. The van der Waals surface area contributed by atoms with E-state index in [9.17, 15) is 0 Å². The van der Waals surface area contributed by atoms with E-state index >= 15 is 0 Å². The molecule has 1 heterocycles. The van der Waals surface area contributed by atoms with Crippen molar-refractivity contribution in [1.82, 2.24) is 9.97 Å². The van der Waals surface area contributed by atoms with Crippen LogP contribution in [0.5, 0.6) is 5.75 Å². The topological polar surface area (TPSA) is 47.0 Å². The highest BCUT2D eigenvalue weighted by Crippen LogP contribution is 2.31. The van der Waals surface area contributed by atoms with Gasteiger partial charge in [-0.3, -0.25) is 0 Å². The summed E-state index contributed by atoms with van der Waals surface area (Å²) in [6.07, 6.45) is 1.55. The van der Waals surface area contributed by atoms with Crippen molar-refractivity contribution in [2.24, 2.45) is 0 Å². The van der Waals surface area contributed by atoms with Gasteiger partial charge in [-0.15, -0.1) is 0 Å². The number of hydrogen-bond acceptors (Lipinski definition) is 4. The van der Waals surface area contributed by atoms with E-state index in [1.165, 1.54) is 0 Å². The van der Waals surface area contributed by atoms with E-state index in [0.29, 0.717) is 6.61 Å². The molecule has 1 aromatic heterocycles. The van der Waals surface area contributed by atoms with Crippen LogP contribution in [-0.2, 0) is 0 Å². The van der Waals surface area contributed by atoms with Gasteiger partial charge in [-0.2, -0.15) is 0 Å². The fraction of sp³-hybridized carbons (Fsp3) is 0.125. The second-order valence-electron chi connectivity index (χ2n) is 4.59. The maximum Gasteiger partial charge on any atom is 0.141 e. The first-order chi connectivity index (χ1) is 10.7. The molecule has 3 rings (SSSR count). The third-order valence-corrected chi connectivity index (χ3v) is 4.15. The summed E-state index contributed by atoms with van der Waals surface area (Å²) in [6, 6.07) is 11.8. The molecule has 0 atom stereocenters. The number of aromatic nitrogens is 2. The number of nitrogens with one attached hydrogen (secondary N) is 1. The lowest BCUT2D eigenvalue weighted by atomic mass is 10.2. The molecular weight excluding hydrogens is 410 g/mol. The number of halogens is 2. The second-order valence-corrected chi connectivity index (χ2v) is 6.36. The summed E-state index contributed by atoms with van der Waals surface area (Å²) < 4.78 is 7.34. The van der Waals surface area contributed by atoms with Crippen LogP contribution in [0.2, 0.25) is 0 Å². The zero-order valence-corrected chi connectivity index (χ0v) is 15.0. The van der Waals surface area contributed by atoms with Gasteiger partial charge in [-0.05, 0) is 59.3 Å². The molecule has 22 heavy (non-hydrogen) atoms. The van der Waals surface area contributed by atoms with Crippen LogP contribution in [0.15, 0.2) is 51.7 Å². The molecule has 0 spiro atoms. The minimum Gasteiger partial charge on any atom is -0.494 e. The molecule has 0 saturated heterocycles. The van der Waals surface area contributed by atoms with Gasteiger partial charge in [0.05, 0.1) is 12.1 Å². The van der Waals surface area contributed by atoms with Gasteiger partial charge in [0.25, 0.3) is 0 Å². The summed E-state index contributed by atoms with van der Waals surface area (Å²) in [5.74, 6) is 1.61. The van der Waals surface area contributed by atoms with E-state index in [0.717, 1.165) is 37.1 Å². The van der Waals surface area contributed by atoms with E-state index in [1.807, 2.05) is 43.3 Å². The number of hydrogen-bond donors (Lipinski definition) is 1. The van der Waals surface area contributed by atoms with Crippen molar-refractivity contribution in [2.75, 3.05) is 11.9 Å². The number of ether oxygens (including phenoxy) is 1. The van der Waals surface area contributed by atoms with Crippen LogP contribution < -0.4 is 10.1 Å². The average Bonchev–Trinajstić information content (AvgIpc) is 2.50. The number of anilines is 2. The summed E-state index contributed by atoms with van der Waals surface area (Å²) in [4.78, 5) is 8.67. The van der Waals surface area contributed by atoms with Gasteiger partial charge in [0.1, 0.15) is 17.9 Å². The highest BCUT2D eigenvalue weighted by Gasteiger charge is 2.08. The molecular formula is C16H13Br2N3O. The minimum atomic E-state index is 0.658. The first-order valence-electron chi connectivity index (χ1n) is 6.77. The molecule has 112 valence electrons. The Morgan fingerprint density at radius 1 is 1.09 bits per heavy atom. The molecule has 0 saturated carbocycles. The Morgan fingerprint density at radius 3 is 2.59 bits per heavy atom. The molecule has 0 bridgehead atoms. The van der Waals surface area contributed by atoms with E-state index < -0.39 is 0 Å². The second kappa shape index (κ2) is 6.62. The fourth-order valence-corrected chi connectivity index (χ4v) is 3.46. The maximum absolute atomic E-state index is 5.45. The van der Waals surface area contributed by atoms with Gasteiger partial charge in [0, 0.05) is 20.0 Å². The Kier molecular flexibility index (Phi) is 4.59. The normalized spacial score (nSPS) is 10.7. The Balaban J connectivity index is 1.96. The van der Waals surface area contributed by atoms with Crippen molar-refractivity contribution in [1.29, 1.82) is 0 Å². The first kappa shape index (κ1) is 15.2. The lowest BCUT2D eigenvalue weighted by molar-refractivity contribution is 0.340. The summed E-state index contributed by atoms with van der Waals surface area (Å²) in [6.45, 7) is 2.63. The van der Waals surface area contributed by atoms with E-state index in [2.05, 4.69) is 47.1 Å². The van der Waals surface area contributed by atoms with Crippen LogP contribution in [0, 0.1) is 0 Å². The largest absolute Gasteiger partial charge is 0.494 e. The van der Waals surface area contributed by atoms with Crippen molar-refractivity contribution in [2.45, 2.75) is 6.92 Å². The lowest BCUT2D eigenvalue weighted by Crippen LogP contribution is -1.97. The SMILES string of the molecule is CCOc1ccc(Nc2ncnc3c(Br)cc(Br)cc23)cc1. The first-order valence-corrected chi connectivity index (χ1v) is 8.35. The summed E-state index contributed by atoms with van der Waals surface area (Å²) in [5.41, 5.74) is 1.81. The van der Waals surface area contributed by atoms with Crippen LogP contribution in [-0.4, -0.2) is 16.6 Å². The standard InChI is InChI=1S/C16H13Br2N3O/c1-2-22-12-5-3-11(4-6-12)21-16-13-7-10(17)8-14(18)15(13)19-9-20-16/h3-9H,2H2,1H3,(H,19,20,21). The Labute approximate surface area is 145 Å². The molecule has 2 aromatic carbocycles. The van der Waals surface area contributed by atoms with Gasteiger partial charge in [-0.25, -0.2) is 9.97 Å². The maximum atomic E-state index is 5.45. The molecule has 0 unspecified atom stereocenters. The highest BCUT2D eigenvalue weighted by atomic mass is 79.9. The Bertz CT molecular complexity index is 806. The predicted octanol–water partition coefficient (Wildman–Crippen LogP) is 5.30. The van der Waals surface area contributed by atoms with Crippen molar-refractivity contribution >= 4 is 54.3 Å². The molecule has 0 aliphatic rings. The van der Waals surface area contributed by atoms with Gasteiger partial charge < -0.3 is 10.1 Å². The molecule has 1 N–H and O–H groups in total. The van der Waals surface area contributed by atoms with E-state index in [1.54, 1.807) is 6.33 Å². The Morgan fingerprint density at radius 2 is 1.86 bits per heavy atom. The van der Waals surface area contributed by atoms with Crippen molar-refractivity contribution in [3.63, 3.8) is 0 Å². The molecule has 0 amide bonds.